The molecule has 0 aliphatic carbocycles. The molecule has 0 aliphatic rings. The highest BCUT2D eigenvalue weighted by atomic mass is 32.2. The van der Waals surface area contributed by atoms with Crippen LogP contribution in [0.5, 0.6) is 0 Å². The molecule has 0 amide bonds. The summed E-state index contributed by atoms with van der Waals surface area (Å²) in [6.07, 6.45) is 1.74. The van der Waals surface area contributed by atoms with Gasteiger partial charge in [0.1, 0.15) is 10.8 Å². The highest BCUT2D eigenvalue weighted by molar-refractivity contribution is 7.99. The van der Waals surface area contributed by atoms with E-state index >= 15 is 0 Å². The van der Waals surface area contributed by atoms with E-state index in [-0.39, 0.29) is 0 Å². The molecule has 0 radical (unpaired) electrons. The van der Waals surface area contributed by atoms with Gasteiger partial charge in [0.25, 0.3) is 0 Å². The number of nitrogens with zero attached hydrogens (tertiary/aromatic N) is 3. The van der Waals surface area contributed by atoms with Crippen molar-refractivity contribution in [3.05, 3.63) is 48.4 Å². The van der Waals surface area contributed by atoms with Gasteiger partial charge in [-0.05, 0) is 30.9 Å². The number of aromatic nitrogens is 3. The molecule has 0 bridgehead atoms. The number of hydrogen-bond acceptors (Lipinski definition) is 6. The Hall–Kier alpha value is -2.34. The number of rotatable bonds is 5. The predicted octanol–water partition coefficient (Wildman–Crippen LogP) is 4.30. The summed E-state index contributed by atoms with van der Waals surface area (Å²) in [5, 5.41) is 8.16. The average Bonchev–Trinajstić information content (AvgIpc) is 2.90. The summed E-state index contributed by atoms with van der Waals surface area (Å²) >= 11 is 1.64. The third-order valence-electron chi connectivity index (χ3n) is 3.05. The van der Waals surface area contributed by atoms with Crippen LogP contribution < -0.4 is 5.32 Å². The lowest BCUT2D eigenvalue weighted by molar-refractivity contribution is 0.384. The molecule has 2 heterocycles. The molecule has 22 heavy (non-hydrogen) atoms. The van der Waals surface area contributed by atoms with Crippen molar-refractivity contribution in [1.82, 2.24) is 15.1 Å². The minimum Gasteiger partial charge on any atom is -0.360 e. The van der Waals surface area contributed by atoms with Crippen LogP contribution in [0.1, 0.15) is 12.7 Å². The first-order valence-corrected chi connectivity index (χ1v) is 8.01. The van der Waals surface area contributed by atoms with E-state index in [1.165, 1.54) is 0 Å². The minimum atomic E-state index is 0.553. The second-order valence-corrected chi connectivity index (χ2v) is 5.86. The maximum absolute atomic E-state index is 5.31. The van der Waals surface area contributed by atoms with Crippen molar-refractivity contribution in [2.24, 2.45) is 0 Å². The van der Waals surface area contributed by atoms with Gasteiger partial charge in [-0.25, -0.2) is 9.97 Å². The lowest BCUT2D eigenvalue weighted by Crippen LogP contribution is -1.98. The number of para-hydroxylation sites is 1. The Kier molecular flexibility index (Phi) is 4.39. The molecule has 6 heteroatoms. The van der Waals surface area contributed by atoms with Gasteiger partial charge < -0.3 is 9.84 Å². The zero-order valence-corrected chi connectivity index (χ0v) is 13.2. The van der Waals surface area contributed by atoms with Gasteiger partial charge >= 0.3 is 0 Å². The van der Waals surface area contributed by atoms with Gasteiger partial charge in [-0.2, -0.15) is 0 Å². The molecule has 0 atom stereocenters. The highest BCUT2D eigenvalue weighted by Crippen LogP contribution is 2.32. The molecule has 0 fully saturated rings. The molecule has 0 aliphatic heterocycles. The maximum atomic E-state index is 5.31. The van der Waals surface area contributed by atoms with Crippen LogP contribution in [-0.2, 0) is 0 Å². The van der Waals surface area contributed by atoms with Gasteiger partial charge in [-0.1, -0.05) is 30.3 Å². The standard InChI is InChI=1S/C16H16N4OS/c1-3-22-15-14(11(2)21-20-15)13-9-10-17-16(19-13)18-12-7-5-4-6-8-12/h4-10H,3H2,1-2H3,(H,17,18,19). The molecule has 0 saturated heterocycles. The van der Waals surface area contributed by atoms with Gasteiger partial charge in [-0.3, -0.25) is 0 Å². The van der Waals surface area contributed by atoms with Crippen LogP contribution in [0.4, 0.5) is 11.6 Å². The summed E-state index contributed by atoms with van der Waals surface area (Å²) in [5.74, 6) is 2.25. The van der Waals surface area contributed by atoms with Crippen molar-refractivity contribution in [1.29, 1.82) is 0 Å². The van der Waals surface area contributed by atoms with Gasteiger partial charge in [-0.15, -0.1) is 11.8 Å². The van der Waals surface area contributed by atoms with Crippen LogP contribution in [0.2, 0.25) is 0 Å². The number of anilines is 2. The van der Waals surface area contributed by atoms with Crippen LogP contribution >= 0.6 is 11.8 Å². The van der Waals surface area contributed by atoms with E-state index in [4.69, 9.17) is 4.52 Å². The quantitative estimate of drug-likeness (QED) is 0.709. The summed E-state index contributed by atoms with van der Waals surface area (Å²) in [4.78, 5) is 8.85. The molecule has 3 aromatic rings. The van der Waals surface area contributed by atoms with Crippen LogP contribution in [0.15, 0.2) is 52.1 Å². The Morgan fingerprint density at radius 3 is 2.77 bits per heavy atom. The Labute approximate surface area is 133 Å². The van der Waals surface area contributed by atoms with Crippen molar-refractivity contribution >= 4 is 23.4 Å². The minimum absolute atomic E-state index is 0.553. The average molecular weight is 312 g/mol. The summed E-state index contributed by atoms with van der Waals surface area (Å²) < 4.78 is 5.31. The fourth-order valence-electron chi connectivity index (χ4n) is 2.09. The molecule has 1 N–H and O–H groups in total. The largest absolute Gasteiger partial charge is 0.360 e. The maximum Gasteiger partial charge on any atom is 0.227 e. The van der Waals surface area contributed by atoms with E-state index in [9.17, 15) is 0 Å². The van der Waals surface area contributed by atoms with Gasteiger partial charge in [0.2, 0.25) is 5.95 Å². The SMILES string of the molecule is CCSc1noc(C)c1-c1ccnc(Nc2ccccc2)n1. The van der Waals surface area contributed by atoms with E-state index in [1.54, 1.807) is 18.0 Å². The van der Waals surface area contributed by atoms with Crippen molar-refractivity contribution in [2.75, 3.05) is 11.1 Å². The van der Waals surface area contributed by atoms with E-state index in [2.05, 4.69) is 27.4 Å². The van der Waals surface area contributed by atoms with Crippen molar-refractivity contribution in [2.45, 2.75) is 18.9 Å². The number of nitrogens with one attached hydrogen (secondary N) is 1. The number of benzene rings is 1. The van der Waals surface area contributed by atoms with Crippen molar-refractivity contribution in [3.63, 3.8) is 0 Å². The van der Waals surface area contributed by atoms with Crippen molar-refractivity contribution in [3.8, 4) is 11.3 Å². The summed E-state index contributed by atoms with van der Waals surface area (Å²) in [6.45, 7) is 3.98. The smallest absolute Gasteiger partial charge is 0.227 e. The Morgan fingerprint density at radius 1 is 1.18 bits per heavy atom. The molecule has 1 aromatic carbocycles. The van der Waals surface area contributed by atoms with E-state index in [0.29, 0.717) is 5.95 Å². The first-order valence-electron chi connectivity index (χ1n) is 7.02. The molecular weight excluding hydrogens is 296 g/mol. The predicted molar refractivity (Wildman–Crippen MR) is 88.4 cm³/mol. The number of thioether (sulfide) groups is 1. The number of hydrogen-bond donors (Lipinski definition) is 1. The molecule has 5 nitrogen and oxygen atoms in total. The van der Waals surface area contributed by atoms with Crippen LogP contribution in [-0.4, -0.2) is 20.9 Å². The normalized spacial score (nSPS) is 10.6. The lowest BCUT2D eigenvalue weighted by Gasteiger charge is -2.06. The number of aryl methyl sites for hydroxylation is 1. The molecular formula is C16H16N4OS. The molecule has 0 spiro atoms. The highest BCUT2D eigenvalue weighted by Gasteiger charge is 2.16. The van der Waals surface area contributed by atoms with Crippen LogP contribution in [0.25, 0.3) is 11.3 Å². The van der Waals surface area contributed by atoms with Crippen LogP contribution in [0.3, 0.4) is 0 Å². The van der Waals surface area contributed by atoms with Crippen LogP contribution in [0, 0.1) is 6.92 Å². The van der Waals surface area contributed by atoms with Gasteiger partial charge in [0.15, 0.2) is 0 Å². The molecule has 0 unspecified atom stereocenters. The van der Waals surface area contributed by atoms with Gasteiger partial charge in [0, 0.05) is 11.9 Å². The lowest BCUT2D eigenvalue weighted by atomic mass is 10.2. The Balaban J connectivity index is 1.93. The first kappa shape index (κ1) is 14.6. The topological polar surface area (TPSA) is 63.8 Å². The molecule has 112 valence electrons. The Bertz CT molecular complexity index is 758. The second-order valence-electron chi connectivity index (χ2n) is 4.61. The summed E-state index contributed by atoms with van der Waals surface area (Å²) in [7, 11) is 0. The van der Waals surface area contributed by atoms with Crippen molar-refractivity contribution < 1.29 is 4.52 Å². The monoisotopic (exact) mass is 312 g/mol. The van der Waals surface area contributed by atoms with E-state index in [1.807, 2.05) is 43.3 Å². The third-order valence-corrected chi connectivity index (χ3v) is 3.89. The molecule has 2 aromatic heterocycles. The fraction of sp³-hybridized carbons (Fsp3) is 0.188. The Morgan fingerprint density at radius 2 is 2.00 bits per heavy atom. The zero-order valence-electron chi connectivity index (χ0n) is 12.4. The van der Waals surface area contributed by atoms with E-state index in [0.717, 1.165) is 33.5 Å². The van der Waals surface area contributed by atoms with Gasteiger partial charge in [0.05, 0.1) is 11.3 Å². The fourth-order valence-corrected chi connectivity index (χ4v) is 2.84. The zero-order chi connectivity index (χ0) is 15.4. The van der Waals surface area contributed by atoms with E-state index < -0.39 is 0 Å². The summed E-state index contributed by atoms with van der Waals surface area (Å²) in [5.41, 5.74) is 2.69. The molecule has 3 rings (SSSR count). The summed E-state index contributed by atoms with van der Waals surface area (Å²) in [6, 6.07) is 11.7. The molecule has 0 saturated carbocycles. The third kappa shape index (κ3) is 3.12. The first-order chi connectivity index (χ1) is 10.8. The second kappa shape index (κ2) is 6.62.